The molecule has 3 rings (SSSR count). The Hall–Kier alpha value is -2.08. The summed E-state index contributed by atoms with van der Waals surface area (Å²) < 4.78 is 10.7. The van der Waals surface area contributed by atoms with Crippen LogP contribution in [0.4, 0.5) is 4.79 Å². The third kappa shape index (κ3) is 3.87. The summed E-state index contributed by atoms with van der Waals surface area (Å²) in [7, 11) is 0. The van der Waals surface area contributed by atoms with E-state index in [9.17, 15) is 14.7 Å². The van der Waals surface area contributed by atoms with Crippen molar-refractivity contribution in [2.75, 3.05) is 19.7 Å². The fourth-order valence-corrected chi connectivity index (χ4v) is 3.66. The van der Waals surface area contributed by atoms with Crippen molar-refractivity contribution in [1.29, 1.82) is 0 Å². The normalized spacial score (nSPS) is 24.8. The van der Waals surface area contributed by atoms with Crippen molar-refractivity contribution in [3.63, 3.8) is 0 Å². The number of rotatable bonds is 4. The van der Waals surface area contributed by atoms with E-state index >= 15 is 0 Å². The first-order valence-electron chi connectivity index (χ1n) is 8.45. The molecule has 0 saturated carbocycles. The van der Waals surface area contributed by atoms with Crippen LogP contribution < -0.4 is 0 Å². The fourth-order valence-electron chi connectivity index (χ4n) is 3.66. The Morgan fingerprint density at radius 2 is 1.88 bits per heavy atom. The standard InChI is InChI=1S/C18H23NO5/c20-17(21)16-15(8-11-23-16)14-6-9-19(10-7-14)18(22)24-12-13-4-2-1-3-5-13/h1-5,14-16H,6-12H2,(H,20,21). The summed E-state index contributed by atoms with van der Waals surface area (Å²) in [6, 6.07) is 9.60. The second-order valence-electron chi connectivity index (χ2n) is 6.45. The average molecular weight is 333 g/mol. The minimum atomic E-state index is -0.873. The van der Waals surface area contributed by atoms with Crippen LogP contribution in [-0.2, 0) is 20.9 Å². The molecule has 2 saturated heterocycles. The van der Waals surface area contributed by atoms with Crippen molar-refractivity contribution in [3.8, 4) is 0 Å². The predicted molar refractivity (Wildman–Crippen MR) is 86.4 cm³/mol. The van der Waals surface area contributed by atoms with Gasteiger partial charge in [0, 0.05) is 25.6 Å². The predicted octanol–water partition coefficient (Wildman–Crippen LogP) is 2.52. The molecular formula is C18H23NO5. The smallest absolute Gasteiger partial charge is 0.410 e. The van der Waals surface area contributed by atoms with Crippen LogP contribution in [0.5, 0.6) is 0 Å². The van der Waals surface area contributed by atoms with E-state index in [0.717, 1.165) is 24.8 Å². The summed E-state index contributed by atoms with van der Waals surface area (Å²) in [6.07, 6.45) is 1.41. The number of carbonyl (C=O) groups is 2. The first-order chi connectivity index (χ1) is 11.6. The molecule has 1 aromatic rings. The van der Waals surface area contributed by atoms with Crippen LogP contribution in [0.15, 0.2) is 30.3 Å². The van der Waals surface area contributed by atoms with E-state index in [2.05, 4.69) is 0 Å². The highest BCUT2D eigenvalue weighted by molar-refractivity contribution is 5.73. The molecule has 1 aromatic carbocycles. The molecule has 2 heterocycles. The maximum absolute atomic E-state index is 12.2. The van der Waals surface area contributed by atoms with Crippen LogP contribution in [0.3, 0.4) is 0 Å². The van der Waals surface area contributed by atoms with Crippen LogP contribution in [0, 0.1) is 11.8 Å². The summed E-state index contributed by atoms with van der Waals surface area (Å²) in [5.74, 6) is -0.515. The molecule has 2 aliphatic rings. The van der Waals surface area contributed by atoms with Gasteiger partial charge in [0.25, 0.3) is 0 Å². The van der Waals surface area contributed by atoms with Crippen LogP contribution in [0.2, 0.25) is 0 Å². The molecule has 24 heavy (non-hydrogen) atoms. The molecule has 0 radical (unpaired) electrons. The molecule has 2 fully saturated rings. The number of hydrogen-bond donors (Lipinski definition) is 1. The van der Waals surface area contributed by atoms with Gasteiger partial charge < -0.3 is 19.5 Å². The molecule has 0 bridgehead atoms. The fraction of sp³-hybridized carbons (Fsp3) is 0.556. The third-order valence-corrected chi connectivity index (χ3v) is 4.99. The van der Waals surface area contributed by atoms with Gasteiger partial charge in [0.1, 0.15) is 6.61 Å². The molecule has 6 heteroatoms. The van der Waals surface area contributed by atoms with Gasteiger partial charge in [0.2, 0.25) is 0 Å². The number of carboxylic acids is 1. The first kappa shape index (κ1) is 16.8. The topological polar surface area (TPSA) is 76.1 Å². The molecule has 1 N–H and O–H groups in total. The van der Waals surface area contributed by atoms with Gasteiger partial charge in [-0.1, -0.05) is 30.3 Å². The SMILES string of the molecule is O=C(O)C1OCCC1C1CCN(C(=O)OCc2ccccc2)CC1. The van der Waals surface area contributed by atoms with E-state index in [4.69, 9.17) is 9.47 Å². The lowest BCUT2D eigenvalue weighted by Gasteiger charge is -2.34. The van der Waals surface area contributed by atoms with E-state index in [1.807, 2.05) is 30.3 Å². The largest absolute Gasteiger partial charge is 0.479 e. The minimum Gasteiger partial charge on any atom is -0.479 e. The molecule has 2 unspecified atom stereocenters. The van der Waals surface area contributed by atoms with Gasteiger partial charge in [-0.15, -0.1) is 0 Å². The molecule has 0 spiro atoms. The van der Waals surface area contributed by atoms with Gasteiger partial charge in [-0.3, -0.25) is 0 Å². The number of hydrogen-bond acceptors (Lipinski definition) is 4. The quantitative estimate of drug-likeness (QED) is 0.916. The number of amides is 1. The molecule has 2 atom stereocenters. The Balaban J connectivity index is 1.46. The Labute approximate surface area is 141 Å². The van der Waals surface area contributed by atoms with E-state index < -0.39 is 12.1 Å². The molecule has 6 nitrogen and oxygen atoms in total. The van der Waals surface area contributed by atoms with E-state index in [1.54, 1.807) is 4.90 Å². The molecule has 2 aliphatic heterocycles. The zero-order valence-corrected chi connectivity index (χ0v) is 13.6. The summed E-state index contributed by atoms with van der Waals surface area (Å²) in [5.41, 5.74) is 0.966. The number of likely N-dealkylation sites (tertiary alicyclic amines) is 1. The van der Waals surface area contributed by atoms with Gasteiger partial charge in [-0.25, -0.2) is 9.59 Å². The molecule has 0 aromatic heterocycles. The lowest BCUT2D eigenvalue weighted by Crippen LogP contribution is -2.42. The maximum Gasteiger partial charge on any atom is 0.410 e. The van der Waals surface area contributed by atoms with Crippen LogP contribution in [-0.4, -0.2) is 47.9 Å². The number of nitrogens with zero attached hydrogens (tertiary/aromatic N) is 1. The second kappa shape index (κ2) is 7.66. The highest BCUT2D eigenvalue weighted by Gasteiger charge is 2.40. The van der Waals surface area contributed by atoms with E-state index in [-0.39, 0.29) is 18.6 Å². The zero-order valence-electron chi connectivity index (χ0n) is 13.6. The van der Waals surface area contributed by atoms with Gasteiger partial charge in [0.15, 0.2) is 6.10 Å². The number of piperidine rings is 1. The van der Waals surface area contributed by atoms with Gasteiger partial charge in [0.05, 0.1) is 0 Å². The molecule has 1 amide bonds. The first-order valence-corrected chi connectivity index (χ1v) is 8.45. The number of benzene rings is 1. The van der Waals surface area contributed by atoms with Crippen molar-refractivity contribution in [2.45, 2.75) is 32.0 Å². The molecular weight excluding hydrogens is 310 g/mol. The number of carboxylic acid groups (broad SMARTS) is 1. The third-order valence-electron chi connectivity index (χ3n) is 4.99. The number of ether oxygens (including phenoxy) is 2. The number of carbonyl (C=O) groups excluding carboxylic acids is 1. The van der Waals surface area contributed by atoms with E-state index in [1.165, 1.54) is 0 Å². The zero-order chi connectivity index (χ0) is 16.9. The van der Waals surface area contributed by atoms with Crippen molar-refractivity contribution in [1.82, 2.24) is 4.90 Å². The van der Waals surface area contributed by atoms with Crippen molar-refractivity contribution in [3.05, 3.63) is 35.9 Å². The van der Waals surface area contributed by atoms with Crippen molar-refractivity contribution in [2.24, 2.45) is 11.8 Å². The Bertz CT molecular complexity index is 568. The lowest BCUT2D eigenvalue weighted by atomic mass is 9.80. The Morgan fingerprint density at radius 3 is 2.54 bits per heavy atom. The van der Waals surface area contributed by atoms with Crippen molar-refractivity contribution >= 4 is 12.1 Å². The molecule has 130 valence electrons. The summed E-state index contributed by atoms with van der Waals surface area (Å²) in [5, 5.41) is 9.22. The van der Waals surface area contributed by atoms with Crippen molar-refractivity contribution < 1.29 is 24.2 Å². The number of aliphatic carboxylic acids is 1. The summed E-state index contributed by atoms with van der Waals surface area (Å²) in [4.78, 5) is 25.1. The van der Waals surface area contributed by atoms with E-state index in [0.29, 0.717) is 25.6 Å². The van der Waals surface area contributed by atoms with Gasteiger partial charge >= 0.3 is 12.1 Å². The summed E-state index contributed by atoms with van der Waals surface area (Å²) >= 11 is 0. The van der Waals surface area contributed by atoms with Crippen LogP contribution in [0.25, 0.3) is 0 Å². The highest BCUT2D eigenvalue weighted by Crippen LogP contribution is 2.35. The van der Waals surface area contributed by atoms with Gasteiger partial charge in [-0.05, 0) is 30.7 Å². The minimum absolute atomic E-state index is 0.0602. The summed E-state index contributed by atoms with van der Waals surface area (Å²) in [6.45, 7) is 2.01. The average Bonchev–Trinajstić information content (AvgIpc) is 3.11. The Kier molecular flexibility index (Phi) is 5.35. The molecule has 0 aliphatic carbocycles. The lowest BCUT2D eigenvalue weighted by molar-refractivity contribution is -0.150. The van der Waals surface area contributed by atoms with Crippen LogP contribution in [0.1, 0.15) is 24.8 Å². The van der Waals surface area contributed by atoms with Crippen LogP contribution >= 0.6 is 0 Å². The van der Waals surface area contributed by atoms with Gasteiger partial charge in [-0.2, -0.15) is 0 Å². The Morgan fingerprint density at radius 1 is 1.17 bits per heavy atom. The second-order valence-corrected chi connectivity index (χ2v) is 6.45. The highest BCUT2D eigenvalue weighted by atomic mass is 16.6. The monoisotopic (exact) mass is 333 g/mol. The maximum atomic E-state index is 12.2.